The molecule has 0 spiro atoms. The summed E-state index contributed by atoms with van der Waals surface area (Å²) in [5.41, 5.74) is 2.93. The molecule has 0 unspecified atom stereocenters. The molecule has 6 nitrogen and oxygen atoms in total. The molecule has 2 rings (SSSR count). The molecule has 0 atom stereocenters. The Hall–Kier alpha value is -2.40. The zero-order chi connectivity index (χ0) is 21.4. The predicted octanol–water partition coefficient (Wildman–Crippen LogP) is 3.79. The van der Waals surface area contributed by atoms with Crippen molar-refractivity contribution in [1.82, 2.24) is 9.78 Å². The number of ether oxygens (including phenoxy) is 3. The van der Waals surface area contributed by atoms with E-state index >= 15 is 0 Å². The van der Waals surface area contributed by atoms with Crippen LogP contribution in [-0.4, -0.2) is 45.0 Å². The molecule has 0 N–H and O–H groups in total. The summed E-state index contributed by atoms with van der Waals surface area (Å²) in [7, 11) is 0.207. The summed E-state index contributed by atoms with van der Waals surface area (Å²) in [6, 6.07) is 12.5. The molecule has 0 fully saturated rings. The van der Waals surface area contributed by atoms with Gasteiger partial charge in [-0.2, -0.15) is 10.4 Å². The maximum Gasteiger partial charge on any atom is 0.189 e. The highest BCUT2D eigenvalue weighted by Crippen LogP contribution is 2.28. The third-order valence-electron chi connectivity index (χ3n) is 4.53. The lowest BCUT2D eigenvalue weighted by Crippen LogP contribution is -2.37. The molecule has 1 heterocycles. The number of hydrogen-bond acceptors (Lipinski definition) is 5. The lowest BCUT2D eigenvalue weighted by atomic mass is 10.0. The van der Waals surface area contributed by atoms with E-state index in [4.69, 9.17) is 14.2 Å². The van der Waals surface area contributed by atoms with Gasteiger partial charge in [0.25, 0.3) is 0 Å². The van der Waals surface area contributed by atoms with E-state index in [0.717, 1.165) is 17.0 Å². The van der Waals surface area contributed by atoms with E-state index in [-0.39, 0.29) is 6.79 Å². The molecule has 1 aromatic carbocycles. The Bertz CT molecular complexity index is 874. The molecule has 0 saturated carbocycles. The second kappa shape index (κ2) is 10.4. The quantitative estimate of drug-likeness (QED) is 0.195. The average molecular weight is 414 g/mol. The van der Waals surface area contributed by atoms with Crippen LogP contribution >= 0.6 is 0 Å². The monoisotopic (exact) mass is 413 g/mol. The van der Waals surface area contributed by atoms with Crippen LogP contribution in [0.5, 0.6) is 0 Å². The van der Waals surface area contributed by atoms with Gasteiger partial charge in [-0.3, -0.25) is 4.68 Å². The Morgan fingerprint density at radius 1 is 1.17 bits per heavy atom. The summed E-state index contributed by atoms with van der Waals surface area (Å²) in [5.74, 6) is 0.480. The minimum absolute atomic E-state index is 0.0325. The smallest absolute Gasteiger partial charge is 0.189 e. The third kappa shape index (κ3) is 6.04. The number of nitrogens with zero attached hydrogens (tertiary/aromatic N) is 3. The predicted molar refractivity (Wildman–Crippen MR) is 118 cm³/mol. The third-order valence-corrected chi connectivity index (χ3v) is 6.60. The Morgan fingerprint density at radius 3 is 2.41 bits per heavy atom. The number of aromatic nitrogens is 2. The highest BCUT2D eigenvalue weighted by molar-refractivity contribution is 6.88. The zero-order valence-electron chi connectivity index (χ0n) is 18.3. The largest absolute Gasteiger partial charge is 0.464 e. The van der Waals surface area contributed by atoms with Gasteiger partial charge in [0.05, 0.1) is 27.0 Å². The maximum absolute atomic E-state index is 9.98. The minimum Gasteiger partial charge on any atom is -0.464 e. The highest BCUT2D eigenvalue weighted by atomic mass is 28.3. The van der Waals surface area contributed by atoms with Gasteiger partial charge in [0.2, 0.25) is 0 Å². The summed E-state index contributed by atoms with van der Waals surface area (Å²) in [5, 5.41) is 15.8. The van der Waals surface area contributed by atoms with Crippen molar-refractivity contribution in [1.29, 1.82) is 5.26 Å². The molecule has 0 aliphatic rings. The summed E-state index contributed by atoms with van der Waals surface area (Å²) < 4.78 is 18.3. The van der Waals surface area contributed by atoms with Crippen LogP contribution in [0, 0.1) is 18.3 Å². The number of aryl methyl sites for hydroxylation is 2. The number of methoxy groups -OCH3 is 1. The molecule has 29 heavy (non-hydrogen) atoms. The number of hydrogen-bond donors (Lipinski definition) is 0. The van der Waals surface area contributed by atoms with Crippen LogP contribution in [0.15, 0.2) is 30.3 Å². The van der Waals surface area contributed by atoms with Crippen LogP contribution in [0.4, 0.5) is 0 Å². The van der Waals surface area contributed by atoms with Gasteiger partial charge in [0, 0.05) is 13.7 Å². The molecule has 0 aliphatic carbocycles. The molecule has 1 aromatic heterocycles. The summed E-state index contributed by atoms with van der Waals surface area (Å²) >= 11 is 0. The molecular formula is C22H31N3O3Si. The van der Waals surface area contributed by atoms with E-state index in [1.165, 1.54) is 5.19 Å². The molecule has 0 bridgehead atoms. The highest BCUT2D eigenvalue weighted by Gasteiger charge is 2.20. The lowest BCUT2D eigenvalue weighted by molar-refractivity contribution is -0.0218. The number of nitriles is 1. The molecule has 156 valence electrons. The van der Waals surface area contributed by atoms with E-state index in [1.54, 1.807) is 7.11 Å². The fraction of sp³-hybridized carbons (Fsp3) is 0.455. The van der Waals surface area contributed by atoms with Crippen molar-refractivity contribution in [2.24, 2.45) is 0 Å². The van der Waals surface area contributed by atoms with Gasteiger partial charge >= 0.3 is 0 Å². The second-order valence-corrected chi connectivity index (χ2v) is 12.9. The molecule has 7 heteroatoms. The minimum atomic E-state index is -1.41. The van der Waals surface area contributed by atoms with Crippen molar-refractivity contribution < 1.29 is 14.2 Å². The van der Waals surface area contributed by atoms with Gasteiger partial charge in [0.15, 0.2) is 12.6 Å². The Morgan fingerprint density at radius 2 is 1.86 bits per heavy atom. The molecule has 0 aliphatic heterocycles. The SMILES string of the molecule is CCn1nc(C)cc1/C(OCOCCOC)=C(\C#N)c1ccc([Si](C)(C)C)cc1. The van der Waals surface area contributed by atoms with Crippen molar-refractivity contribution in [3.63, 3.8) is 0 Å². The average Bonchev–Trinajstić information content (AvgIpc) is 3.07. The summed E-state index contributed by atoms with van der Waals surface area (Å²) in [6.45, 7) is 12.5. The molecular weight excluding hydrogens is 382 g/mol. The van der Waals surface area contributed by atoms with Crippen molar-refractivity contribution in [3.8, 4) is 6.07 Å². The van der Waals surface area contributed by atoms with Crippen LogP contribution in [0.2, 0.25) is 19.6 Å². The van der Waals surface area contributed by atoms with Gasteiger partial charge in [-0.15, -0.1) is 0 Å². The fourth-order valence-corrected chi connectivity index (χ4v) is 4.10. The Labute approximate surface area is 174 Å². The first kappa shape index (κ1) is 22.9. The van der Waals surface area contributed by atoms with Crippen LogP contribution in [0.1, 0.15) is 23.9 Å². The van der Waals surface area contributed by atoms with E-state index < -0.39 is 8.07 Å². The zero-order valence-corrected chi connectivity index (χ0v) is 19.3. The van der Waals surface area contributed by atoms with E-state index in [1.807, 2.05) is 36.7 Å². The summed E-state index contributed by atoms with van der Waals surface area (Å²) in [4.78, 5) is 0. The van der Waals surface area contributed by atoms with E-state index in [2.05, 4.69) is 42.9 Å². The molecule has 0 amide bonds. The number of benzene rings is 1. The van der Waals surface area contributed by atoms with Gasteiger partial charge in [-0.25, -0.2) is 0 Å². The van der Waals surface area contributed by atoms with Crippen LogP contribution < -0.4 is 5.19 Å². The summed E-state index contributed by atoms with van der Waals surface area (Å²) in [6.07, 6.45) is 0. The van der Waals surface area contributed by atoms with E-state index in [9.17, 15) is 5.26 Å². The van der Waals surface area contributed by atoms with E-state index in [0.29, 0.717) is 31.1 Å². The molecule has 0 radical (unpaired) electrons. The van der Waals surface area contributed by atoms with Crippen LogP contribution in [0.25, 0.3) is 11.3 Å². The Balaban J connectivity index is 2.47. The van der Waals surface area contributed by atoms with Gasteiger partial charge in [-0.1, -0.05) is 49.1 Å². The van der Waals surface area contributed by atoms with Gasteiger partial charge < -0.3 is 14.2 Å². The number of allylic oxidation sites excluding steroid dienone is 1. The standard InChI is InChI=1S/C22H31N3O3Si/c1-7-25-21(14-17(2)24-25)22(28-16-27-13-12-26-3)20(15-23)18-8-10-19(11-9-18)29(4,5)6/h8-11,14H,7,12-13,16H2,1-6H3/b22-20-. The van der Waals surface area contributed by atoms with Crippen LogP contribution in [-0.2, 0) is 20.8 Å². The first-order valence-corrected chi connectivity index (χ1v) is 13.3. The number of rotatable bonds is 10. The second-order valence-electron chi connectivity index (χ2n) is 7.79. The van der Waals surface area contributed by atoms with Crippen molar-refractivity contribution in [2.45, 2.75) is 40.0 Å². The van der Waals surface area contributed by atoms with Crippen molar-refractivity contribution in [3.05, 3.63) is 47.3 Å². The Kier molecular flexibility index (Phi) is 8.20. The van der Waals surface area contributed by atoms with Gasteiger partial charge in [0.1, 0.15) is 17.3 Å². The lowest BCUT2D eigenvalue weighted by Gasteiger charge is -2.18. The molecule has 2 aromatic rings. The van der Waals surface area contributed by atoms with Crippen molar-refractivity contribution in [2.75, 3.05) is 27.1 Å². The van der Waals surface area contributed by atoms with Gasteiger partial charge in [-0.05, 0) is 25.5 Å². The van der Waals surface area contributed by atoms with Crippen LogP contribution in [0.3, 0.4) is 0 Å². The first-order chi connectivity index (χ1) is 13.8. The fourth-order valence-electron chi connectivity index (χ4n) is 2.93. The molecule has 0 saturated heterocycles. The first-order valence-electron chi connectivity index (χ1n) is 9.81. The topological polar surface area (TPSA) is 69.3 Å². The normalized spacial score (nSPS) is 12.4. The van der Waals surface area contributed by atoms with Crippen molar-refractivity contribution >= 4 is 24.6 Å². The maximum atomic E-state index is 9.98.